The van der Waals surface area contributed by atoms with Gasteiger partial charge in [0, 0.05) is 12.1 Å². The first-order valence-corrected chi connectivity index (χ1v) is 8.11. The minimum Gasteiger partial charge on any atom is -0.469 e. The van der Waals surface area contributed by atoms with Crippen LogP contribution in [0.3, 0.4) is 0 Å². The molecule has 0 spiro atoms. The Hall–Kier alpha value is -2.13. The number of methoxy groups -OCH3 is 1. The van der Waals surface area contributed by atoms with E-state index in [4.69, 9.17) is 4.74 Å². The Labute approximate surface area is 138 Å². The summed E-state index contributed by atoms with van der Waals surface area (Å²) in [5.41, 5.74) is 2.31. The molecule has 0 aliphatic rings. The zero-order valence-corrected chi connectivity index (χ0v) is 14.0. The molecule has 2 aromatic rings. The summed E-state index contributed by atoms with van der Waals surface area (Å²) in [6, 6.07) is 20.4. The maximum atomic E-state index is 12.2. The van der Waals surface area contributed by atoms with Crippen LogP contribution >= 0.6 is 0 Å². The predicted molar refractivity (Wildman–Crippen MR) is 93.0 cm³/mol. The smallest absolute Gasteiger partial charge is 0.310 e. The molecule has 0 radical (unpaired) electrons. The second-order valence-electron chi connectivity index (χ2n) is 5.73. The fourth-order valence-electron chi connectivity index (χ4n) is 2.90. The number of hydrogen-bond acceptors (Lipinski definition) is 3. The molecule has 3 atom stereocenters. The van der Waals surface area contributed by atoms with Gasteiger partial charge in [0.1, 0.15) is 0 Å². The molecule has 0 unspecified atom stereocenters. The number of ether oxygens (including phenoxy) is 1. The lowest BCUT2D eigenvalue weighted by atomic mass is 9.89. The van der Waals surface area contributed by atoms with Crippen LogP contribution < -0.4 is 5.32 Å². The minimum atomic E-state index is -0.214. The highest BCUT2D eigenvalue weighted by atomic mass is 16.5. The SMILES string of the molecule is CC[C@H](C(=O)OC)[C@H](N[C@H](C)c1ccccc1)c1ccccc1. The van der Waals surface area contributed by atoms with Crippen LogP contribution in [-0.4, -0.2) is 13.1 Å². The van der Waals surface area contributed by atoms with Crippen molar-refractivity contribution in [1.82, 2.24) is 5.32 Å². The molecule has 0 amide bonds. The molecule has 1 N–H and O–H groups in total. The Morgan fingerprint density at radius 1 is 1.00 bits per heavy atom. The summed E-state index contributed by atoms with van der Waals surface area (Å²) in [5, 5.41) is 3.61. The predicted octanol–water partition coefficient (Wildman–Crippen LogP) is 4.28. The number of nitrogens with one attached hydrogen (secondary N) is 1. The Bertz CT molecular complexity index is 598. The standard InChI is InChI=1S/C20H25NO2/c1-4-18(20(22)23-3)19(17-13-9-6-10-14-17)21-15(2)16-11-7-5-8-12-16/h5-15,18-19,21H,4H2,1-3H3/t15-,18+,19-/m1/s1. The number of rotatable bonds is 7. The van der Waals surface area contributed by atoms with Crippen LogP contribution in [0.1, 0.15) is 43.5 Å². The fraction of sp³-hybridized carbons (Fsp3) is 0.350. The maximum absolute atomic E-state index is 12.2. The second kappa shape index (κ2) is 8.49. The van der Waals surface area contributed by atoms with Crippen LogP contribution in [0, 0.1) is 5.92 Å². The quantitative estimate of drug-likeness (QED) is 0.776. The van der Waals surface area contributed by atoms with Crippen LogP contribution in [0.15, 0.2) is 60.7 Å². The third kappa shape index (κ3) is 4.42. The van der Waals surface area contributed by atoms with Crippen LogP contribution in [-0.2, 0) is 9.53 Å². The van der Waals surface area contributed by atoms with Gasteiger partial charge in [0.2, 0.25) is 0 Å². The van der Waals surface area contributed by atoms with Crippen LogP contribution in [0.5, 0.6) is 0 Å². The molecule has 122 valence electrons. The third-order valence-corrected chi connectivity index (χ3v) is 4.23. The highest BCUT2D eigenvalue weighted by molar-refractivity contribution is 5.73. The van der Waals surface area contributed by atoms with E-state index in [9.17, 15) is 4.79 Å². The van der Waals surface area contributed by atoms with E-state index in [1.807, 2.05) is 43.3 Å². The van der Waals surface area contributed by atoms with E-state index < -0.39 is 0 Å². The molecule has 23 heavy (non-hydrogen) atoms. The second-order valence-corrected chi connectivity index (χ2v) is 5.73. The zero-order chi connectivity index (χ0) is 16.7. The molecule has 2 aromatic carbocycles. The fourth-order valence-corrected chi connectivity index (χ4v) is 2.90. The van der Waals surface area contributed by atoms with E-state index in [1.54, 1.807) is 0 Å². The lowest BCUT2D eigenvalue weighted by Crippen LogP contribution is -2.35. The number of hydrogen-bond donors (Lipinski definition) is 1. The monoisotopic (exact) mass is 311 g/mol. The topological polar surface area (TPSA) is 38.3 Å². The molecule has 0 saturated carbocycles. The summed E-state index contributed by atoms with van der Waals surface area (Å²) in [5.74, 6) is -0.386. The first-order valence-electron chi connectivity index (χ1n) is 8.11. The Morgan fingerprint density at radius 2 is 1.52 bits per heavy atom. The van der Waals surface area contributed by atoms with Gasteiger partial charge in [-0.25, -0.2) is 0 Å². The third-order valence-electron chi connectivity index (χ3n) is 4.23. The first kappa shape index (κ1) is 17.2. The van der Waals surface area contributed by atoms with Gasteiger partial charge in [-0.15, -0.1) is 0 Å². The van der Waals surface area contributed by atoms with Crippen molar-refractivity contribution < 1.29 is 9.53 Å². The molecule has 0 saturated heterocycles. The molecule has 3 nitrogen and oxygen atoms in total. The largest absolute Gasteiger partial charge is 0.469 e. The molecule has 0 heterocycles. The van der Waals surface area contributed by atoms with Crippen molar-refractivity contribution in [1.29, 1.82) is 0 Å². The maximum Gasteiger partial charge on any atom is 0.310 e. The molecule has 0 aliphatic carbocycles. The van der Waals surface area contributed by atoms with Gasteiger partial charge in [-0.2, -0.15) is 0 Å². The summed E-state index contributed by atoms with van der Waals surface area (Å²) in [4.78, 5) is 12.2. The molecular weight excluding hydrogens is 286 g/mol. The Morgan fingerprint density at radius 3 is 2.00 bits per heavy atom. The number of benzene rings is 2. The Balaban J connectivity index is 2.28. The average Bonchev–Trinajstić information content (AvgIpc) is 2.62. The average molecular weight is 311 g/mol. The van der Waals surface area contributed by atoms with Gasteiger partial charge < -0.3 is 10.1 Å². The molecule has 0 fully saturated rings. The van der Waals surface area contributed by atoms with Gasteiger partial charge in [0.05, 0.1) is 13.0 Å². The summed E-state index contributed by atoms with van der Waals surface area (Å²) >= 11 is 0. The molecule has 2 rings (SSSR count). The molecular formula is C20H25NO2. The molecule has 0 aliphatic heterocycles. The number of esters is 1. The van der Waals surface area contributed by atoms with Gasteiger partial charge in [-0.05, 0) is 24.5 Å². The van der Waals surface area contributed by atoms with Crippen molar-refractivity contribution in [3.8, 4) is 0 Å². The van der Waals surface area contributed by atoms with Crippen molar-refractivity contribution in [2.24, 2.45) is 5.92 Å². The Kier molecular flexibility index (Phi) is 6.36. The van der Waals surface area contributed by atoms with E-state index in [2.05, 4.69) is 36.5 Å². The van der Waals surface area contributed by atoms with Crippen LogP contribution in [0.25, 0.3) is 0 Å². The number of carbonyl (C=O) groups is 1. The van der Waals surface area contributed by atoms with E-state index in [0.29, 0.717) is 0 Å². The van der Waals surface area contributed by atoms with Crippen molar-refractivity contribution >= 4 is 5.97 Å². The van der Waals surface area contributed by atoms with E-state index >= 15 is 0 Å². The number of carbonyl (C=O) groups excluding carboxylic acids is 1. The van der Waals surface area contributed by atoms with E-state index in [1.165, 1.54) is 12.7 Å². The van der Waals surface area contributed by atoms with Gasteiger partial charge in [0.25, 0.3) is 0 Å². The van der Waals surface area contributed by atoms with Crippen molar-refractivity contribution in [2.45, 2.75) is 32.4 Å². The van der Waals surface area contributed by atoms with Gasteiger partial charge in [0.15, 0.2) is 0 Å². The normalized spacial score (nSPS) is 14.7. The van der Waals surface area contributed by atoms with Crippen LogP contribution in [0.2, 0.25) is 0 Å². The first-order chi connectivity index (χ1) is 11.2. The summed E-state index contributed by atoms with van der Waals surface area (Å²) in [6.45, 7) is 4.14. The minimum absolute atomic E-state index is 0.0798. The molecule has 0 aromatic heterocycles. The summed E-state index contributed by atoms with van der Waals surface area (Å²) in [6.07, 6.45) is 0.723. The highest BCUT2D eigenvalue weighted by Gasteiger charge is 2.30. The van der Waals surface area contributed by atoms with Gasteiger partial charge in [-0.3, -0.25) is 4.79 Å². The summed E-state index contributed by atoms with van der Waals surface area (Å²) < 4.78 is 5.01. The van der Waals surface area contributed by atoms with E-state index in [-0.39, 0.29) is 24.0 Å². The van der Waals surface area contributed by atoms with Crippen molar-refractivity contribution in [3.63, 3.8) is 0 Å². The summed E-state index contributed by atoms with van der Waals surface area (Å²) in [7, 11) is 1.45. The van der Waals surface area contributed by atoms with Crippen molar-refractivity contribution in [2.75, 3.05) is 7.11 Å². The zero-order valence-electron chi connectivity index (χ0n) is 14.0. The molecule has 3 heteroatoms. The van der Waals surface area contributed by atoms with E-state index in [0.717, 1.165) is 12.0 Å². The van der Waals surface area contributed by atoms with Crippen LogP contribution in [0.4, 0.5) is 0 Å². The highest BCUT2D eigenvalue weighted by Crippen LogP contribution is 2.29. The van der Waals surface area contributed by atoms with Gasteiger partial charge >= 0.3 is 5.97 Å². The van der Waals surface area contributed by atoms with Crippen molar-refractivity contribution in [3.05, 3.63) is 71.8 Å². The molecule has 0 bridgehead atoms. The lowest BCUT2D eigenvalue weighted by Gasteiger charge is -2.29. The van der Waals surface area contributed by atoms with Gasteiger partial charge in [-0.1, -0.05) is 67.6 Å². The lowest BCUT2D eigenvalue weighted by molar-refractivity contribution is -0.146.